The summed E-state index contributed by atoms with van der Waals surface area (Å²) < 4.78 is 0. The van der Waals surface area contributed by atoms with Crippen molar-refractivity contribution in [3.05, 3.63) is 34.4 Å². The molecule has 0 saturated carbocycles. The molecule has 6 nitrogen and oxygen atoms in total. The third-order valence-electron chi connectivity index (χ3n) is 2.52. The van der Waals surface area contributed by atoms with Gasteiger partial charge >= 0.3 is 0 Å². The molecule has 1 aromatic heterocycles. The highest BCUT2D eigenvalue weighted by Gasteiger charge is 2.07. The highest BCUT2D eigenvalue weighted by Crippen LogP contribution is 2.27. The summed E-state index contributed by atoms with van der Waals surface area (Å²) in [6, 6.07) is 5.17. The Hall–Kier alpha value is -2.05. The van der Waals surface area contributed by atoms with Crippen LogP contribution in [-0.4, -0.2) is 22.9 Å². The Bertz CT molecular complexity index is 674. The molecule has 0 unspecified atom stereocenters. The van der Waals surface area contributed by atoms with Crippen LogP contribution < -0.4 is 16.0 Å². The molecule has 8 heteroatoms. The molecular weight excluding hydrogens is 311 g/mol. The van der Waals surface area contributed by atoms with Gasteiger partial charge in [0.1, 0.15) is 5.69 Å². The standard InChI is InChI=1S/C13H14Cl2N6/c1-7(16)19-11-6-18-13(21-12(11)17-2)20-8-3-4-9(14)10(15)5-8/h3-6H,1-2H3,(H2,16,19)(H2,17,18,20,21). The maximum absolute atomic E-state index is 7.44. The summed E-state index contributed by atoms with van der Waals surface area (Å²) in [6.07, 6.45) is 1.59. The first kappa shape index (κ1) is 15.3. The Kier molecular flexibility index (Phi) is 4.82. The van der Waals surface area contributed by atoms with Gasteiger partial charge in [0, 0.05) is 12.7 Å². The molecule has 0 atom stereocenters. The van der Waals surface area contributed by atoms with Gasteiger partial charge in [-0.15, -0.1) is 0 Å². The Morgan fingerprint density at radius 1 is 1.24 bits per heavy atom. The average Bonchev–Trinajstić information content (AvgIpc) is 2.44. The number of hydrogen-bond donors (Lipinski definition) is 4. The number of anilines is 4. The van der Waals surface area contributed by atoms with Crippen molar-refractivity contribution in [2.75, 3.05) is 23.0 Å². The zero-order chi connectivity index (χ0) is 15.4. The minimum atomic E-state index is 0.306. The van der Waals surface area contributed by atoms with Gasteiger partial charge in [-0.3, -0.25) is 5.41 Å². The number of aromatic nitrogens is 2. The van der Waals surface area contributed by atoms with E-state index in [2.05, 4.69) is 25.9 Å². The molecular formula is C13H14Cl2N6. The van der Waals surface area contributed by atoms with Gasteiger partial charge in [-0.05, 0) is 25.1 Å². The minimum Gasteiger partial charge on any atom is -0.371 e. The van der Waals surface area contributed by atoms with Crippen LogP contribution in [0.5, 0.6) is 0 Å². The number of nitrogens with zero attached hydrogens (tertiary/aromatic N) is 2. The minimum absolute atomic E-state index is 0.306. The Balaban J connectivity index is 2.24. The van der Waals surface area contributed by atoms with E-state index in [1.165, 1.54) is 0 Å². The molecule has 0 aliphatic rings. The lowest BCUT2D eigenvalue weighted by atomic mass is 10.3. The summed E-state index contributed by atoms with van der Waals surface area (Å²) in [5.74, 6) is 1.30. The molecule has 0 aliphatic heterocycles. The third-order valence-corrected chi connectivity index (χ3v) is 3.26. The topological polar surface area (TPSA) is 85.7 Å². The molecule has 4 N–H and O–H groups in total. The molecule has 1 heterocycles. The first-order valence-electron chi connectivity index (χ1n) is 6.08. The fourth-order valence-electron chi connectivity index (χ4n) is 1.63. The molecule has 0 spiro atoms. The van der Waals surface area contributed by atoms with Crippen molar-refractivity contribution in [2.24, 2.45) is 0 Å². The summed E-state index contributed by atoms with van der Waals surface area (Å²) >= 11 is 11.8. The number of rotatable bonds is 4. The van der Waals surface area contributed by atoms with Crippen LogP contribution in [0.15, 0.2) is 24.4 Å². The Morgan fingerprint density at radius 3 is 2.62 bits per heavy atom. The molecule has 0 bridgehead atoms. The number of hydrogen-bond acceptors (Lipinski definition) is 5. The molecule has 1 aromatic carbocycles. The van der Waals surface area contributed by atoms with E-state index in [4.69, 9.17) is 28.6 Å². The van der Waals surface area contributed by atoms with Gasteiger partial charge in [0.15, 0.2) is 5.82 Å². The predicted molar refractivity (Wildman–Crippen MR) is 88.3 cm³/mol. The first-order valence-corrected chi connectivity index (χ1v) is 6.84. The van der Waals surface area contributed by atoms with E-state index in [1.807, 2.05) is 0 Å². The summed E-state index contributed by atoms with van der Waals surface area (Å²) in [7, 11) is 1.75. The number of nitrogens with one attached hydrogen (secondary N) is 4. The third kappa shape index (κ3) is 3.96. The van der Waals surface area contributed by atoms with Gasteiger partial charge in [0.05, 0.1) is 22.1 Å². The largest absolute Gasteiger partial charge is 0.371 e. The fraction of sp³-hybridized carbons (Fsp3) is 0.154. The van der Waals surface area contributed by atoms with E-state index >= 15 is 0 Å². The smallest absolute Gasteiger partial charge is 0.229 e. The monoisotopic (exact) mass is 324 g/mol. The van der Waals surface area contributed by atoms with E-state index in [0.717, 1.165) is 5.69 Å². The first-order chi connectivity index (χ1) is 9.99. The summed E-state index contributed by atoms with van der Waals surface area (Å²) in [4.78, 5) is 8.51. The van der Waals surface area contributed by atoms with Crippen molar-refractivity contribution in [2.45, 2.75) is 6.92 Å². The predicted octanol–water partition coefficient (Wildman–Crippen LogP) is 3.98. The summed E-state index contributed by atoms with van der Waals surface area (Å²) in [5.41, 5.74) is 1.36. The average molecular weight is 325 g/mol. The molecule has 2 rings (SSSR count). The molecule has 21 heavy (non-hydrogen) atoms. The summed E-state index contributed by atoms with van der Waals surface area (Å²) in [6.45, 7) is 1.64. The maximum atomic E-state index is 7.44. The van der Waals surface area contributed by atoms with Gasteiger partial charge < -0.3 is 16.0 Å². The van der Waals surface area contributed by atoms with E-state index in [-0.39, 0.29) is 0 Å². The number of amidine groups is 1. The molecule has 2 aromatic rings. The maximum Gasteiger partial charge on any atom is 0.229 e. The van der Waals surface area contributed by atoms with Crippen molar-refractivity contribution in [1.29, 1.82) is 5.41 Å². The van der Waals surface area contributed by atoms with E-state index in [0.29, 0.717) is 33.3 Å². The van der Waals surface area contributed by atoms with Crippen LogP contribution in [0, 0.1) is 5.41 Å². The van der Waals surface area contributed by atoms with Crippen LogP contribution >= 0.6 is 23.2 Å². The Labute approximate surface area is 132 Å². The fourth-order valence-corrected chi connectivity index (χ4v) is 1.93. The molecule has 0 radical (unpaired) electrons. The summed E-state index contributed by atoms with van der Waals surface area (Å²) in [5, 5.41) is 17.2. The second kappa shape index (κ2) is 6.60. The molecule has 0 aliphatic carbocycles. The SMILES string of the molecule is CNc1nc(Nc2ccc(Cl)c(Cl)c2)ncc1NC(C)=N. The Morgan fingerprint density at radius 2 is 2.00 bits per heavy atom. The van der Waals surface area contributed by atoms with Crippen LogP contribution in [0.1, 0.15) is 6.92 Å². The van der Waals surface area contributed by atoms with E-state index in [1.54, 1.807) is 38.4 Å². The molecule has 0 saturated heterocycles. The normalized spacial score (nSPS) is 10.1. The van der Waals surface area contributed by atoms with Crippen molar-refractivity contribution in [1.82, 2.24) is 9.97 Å². The van der Waals surface area contributed by atoms with Crippen LogP contribution in [0.25, 0.3) is 0 Å². The number of benzene rings is 1. The lowest BCUT2D eigenvalue weighted by Crippen LogP contribution is -2.10. The number of halogens is 2. The van der Waals surface area contributed by atoms with Crippen molar-refractivity contribution in [3.8, 4) is 0 Å². The lowest BCUT2D eigenvalue weighted by Gasteiger charge is -2.12. The van der Waals surface area contributed by atoms with Crippen molar-refractivity contribution < 1.29 is 0 Å². The van der Waals surface area contributed by atoms with Crippen molar-refractivity contribution in [3.63, 3.8) is 0 Å². The zero-order valence-electron chi connectivity index (χ0n) is 11.5. The highest BCUT2D eigenvalue weighted by molar-refractivity contribution is 6.42. The zero-order valence-corrected chi connectivity index (χ0v) is 13.0. The van der Waals surface area contributed by atoms with Gasteiger partial charge in [-0.25, -0.2) is 4.98 Å². The van der Waals surface area contributed by atoms with Gasteiger partial charge in [-0.2, -0.15) is 4.98 Å². The van der Waals surface area contributed by atoms with E-state index in [9.17, 15) is 0 Å². The van der Waals surface area contributed by atoms with Gasteiger partial charge in [-0.1, -0.05) is 23.2 Å². The van der Waals surface area contributed by atoms with Gasteiger partial charge in [0.25, 0.3) is 0 Å². The second-order valence-electron chi connectivity index (χ2n) is 4.21. The highest BCUT2D eigenvalue weighted by atomic mass is 35.5. The van der Waals surface area contributed by atoms with Gasteiger partial charge in [0.2, 0.25) is 5.95 Å². The van der Waals surface area contributed by atoms with Crippen molar-refractivity contribution >= 4 is 52.2 Å². The molecule has 0 amide bonds. The van der Waals surface area contributed by atoms with Crippen LogP contribution in [0.4, 0.5) is 23.1 Å². The molecule has 0 fully saturated rings. The van der Waals surface area contributed by atoms with Crippen LogP contribution in [-0.2, 0) is 0 Å². The van der Waals surface area contributed by atoms with E-state index < -0.39 is 0 Å². The van der Waals surface area contributed by atoms with Crippen LogP contribution in [0.3, 0.4) is 0 Å². The van der Waals surface area contributed by atoms with Crippen LogP contribution in [0.2, 0.25) is 10.0 Å². The lowest BCUT2D eigenvalue weighted by molar-refractivity contribution is 1.16. The molecule has 110 valence electrons. The quantitative estimate of drug-likeness (QED) is 0.505. The second-order valence-corrected chi connectivity index (χ2v) is 5.02.